The van der Waals surface area contributed by atoms with E-state index in [4.69, 9.17) is 5.41 Å². The molecule has 0 bridgehead atoms. The molecule has 0 radical (unpaired) electrons. The highest BCUT2D eigenvalue weighted by atomic mass is 32.1. The molecule has 4 nitrogen and oxygen atoms in total. The first kappa shape index (κ1) is 8.03. The molecule has 0 aliphatic rings. The summed E-state index contributed by atoms with van der Waals surface area (Å²) in [6, 6.07) is 0. The van der Waals surface area contributed by atoms with Crippen molar-refractivity contribution in [2.75, 3.05) is 7.05 Å². The Hall–Kier alpha value is -0.970. The molecule has 0 aromatic rings. The summed E-state index contributed by atoms with van der Waals surface area (Å²) < 4.78 is 0. The van der Waals surface area contributed by atoms with E-state index in [0.717, 1.165) is 6.21 Å². The third kappa shape index (κ3) is 4.89. The topological polar surface area (TPSA) is 60.3 Å². The molecule has 0 rings (SSSR count). The molecule has 0 fully saturated rings. The van der Waals surface area contributed by atoms with Crippen LogP contribution in [0.4, 0.5) is 0 Å². The van der Waals surface area contributed by atoms with Gasteiger partial charge >= 0.3 is 0 Å². The molecule has 0 aliphatic carbocycles. The van der Waals surface area contributed by atoms with E-state index in [0.29, 0.717) is 5.11 Å². The Bertz CT molecular complexity index is 131. The molecule has 50 valence electrons. The van der Waals surface area contributed by atoms with Crippen molar-refractivity contribution in [3.63, 3.8) is 0 Å². The van der Waals surface area contributed by atoms with E-state index in [1.165, 1.54) is 6.21 Å². The third-order valence-corrected chi connectivity index (χ3v) is 0.838. The number of hydrazone groups is 1. The van der Waals surface area contributed by atoms with Crippen molar-refractivity contribution in [2.45, 2.75) is 0 Å². The molecule has 0 heterocycles. The van der Waals surface area contributed by atoms with Crippen LogP contribution in [-0.4, -0.2) is 24.6 Å². The van der Waals surface area contributed by atoms with E-state index in [9.17, 15) is 0 Å². The van der Waals surface area contributed by atoms with Crippen LogP contribution in [0.1, 0.15) is 0 Å². The highest BCUT2D eigenvalue weighted by molar-refractivity contribution is 7.80. The van der Waals surface area contributed by atoms with Gasteiger partial charge in [-0.3, -0.25) is 5.43 Å². The molecule has 0 atom stereocenters. The van der Waals surface area contributed by atoms with Gasteiger partial charge < -0.3 is 10.7 Å². The van der Waals surface area contributed by atoms with Gasteiger partial charge in [0.15, 0.2) is 5.11 Å². The van der Waals surface area contributed by atoms with Gasteiger partial charge in [-0.1, -0.05) is 0 Å². The third-order valence-electron chi connectivity index (χ3n) is 0.542. The maximum absolute atomic E-state index is 6.53. The van der Waals surface area contributed by atoms with Gasteiger partial charge in [-0.15, -0.1) is 0 Å². The van der Waals surface area contributed by atoms with Gasteiger partial charge in [-0.2, -0.15) is 5.10 Å². The fourth-order valence-corrected chi connectivity index (χ4v) is 0.242. The number of hydrogen-bond acceptors (Lipinski definition) is 3. The van der Waals surface area contributed by atoms with Crippen molar-refractivity contribution in [2.24, 2.45) is 5.10 Å². The van der Waals surface area contributed by atoms with Crippen LogP contribution in [0.15, 0.2) is 5.10 Å². The largest absolute Gasteiger partial charge is 0.364 e. The summed E-state index contributed by atoms with van der Waals surface area (Å²) in [4.78, 5) is 0. The molecular formula is C4H8N4S. The Morgan fingerprint density at radius 1 is 1.78 bits per heavy atom. The van der Waals surface area contributed by atoms with Gasteiger partial charge in [-0.05, 0) is 12.2 Å². The van der Waals surface area contributed by atoms with Crippen molar-refractivity contribution in [3.8, 4) is 0 Å². The maximum Gasteiger partial charge on any atom is 0.186 e. The van der Waals surface area contributed by atoms with Crippen molar-refractivity contribution >= 4 is 29.8 Å². The van der Waals surface area contributed by atoms with E-state index >= 15 is 0 Å². The summed E-state index contributed by atoms with van der Waals surface area (Å²) in [6.45, 7) is 0. The summed E-state index contributed by atoms with van der Waals surface area (Å²) in [5.74, 6) is 0. The van der Waals surface area contributed by atoms with Crippen LogP contribution in [-0.2, 0) is 0 Å². The number of nitrogens with zero attached hydrogens (tertiary/aromatic N) is 1. The normalized spacial score (nSPS) is 9.00. The van der Waals surface area contributed by atoms with Crippen LogP contribution < -0.4 is 10.7 Å². The number of thiocarbonyl (C=S) groups is 1. The standard InChI is InChI=1S/C4H8N4S/c1-6-4(9)8-7-3-2-5/h2-3,5H,1H3,(H2,6,8,9)/b5-2?,7-3+. The second-order valence-corrected chi connectivity index (χ2v) is 1.54. The van der Waals surface area contributed by atoms with Crippen LogP contribution in [0.25, 0.3) is 0 Å². The second kappa shape index (κ2) is 5.17. The first-order valence-electron chi connectivity index (χ1n) is 2.31. The van der Waals surface area contributed by atoms with Crippen molar-refractivity contribution in [1.29, 1.82) is 5.41 Å². The quantitative estimate of drug-likeness (QED) is 0.284. The maximum atomic E-state index is 6.53. The zero-order valence-corrected chi connectivity index (χ0v) is 5.83. The zero-order chi connectivity index (χ0) is 7.11. The molecule has 3 N–H and O–H groups in total. The lowest BCUT2D eigenvalue weighted by molar-refractivity contribution is 0.984. The van der Waals surface area contributed by atoms with Crippen LogP contribution in [0.5, 0.6) is 0 Å². The van der Waals surface area contributed by atoms with Crippen molar-refractivity contribution < 1.29 is 0 Å². The van der Waals surface area contributed by atoms with Crippen LogP contribution in [0.2, 0.25) is 0 Å². The summed E-state index contributed by atoms with van der Waals surface area (Å²) in [7, 11) is 1.69. The first-order valence-corrected chi connectivity index (χ1v) is 2.72. The summed E-state index contributed by atoms with van der Waals surface area (Å²) in [5, 5.41) is 13.2. The fraction of sp³-hybridized carbons (Fsp3) is 0.250. The van der Waals surface area contributed by atoms with Gasteiger partial charge in [0.1, 0.15) is 0 Å². The first-order chi connectivity index (χ1) is 4.31. The van der Waals surface area contributed by atoms with Crippen LogP contribution >= 0.6 is 12.2 Å². The van der Waals surface area contributed by atoms with E-state index < -0.39 is 0 Å². The molecule has 0 spiro atoms. The Morgan fingerprint density at radius 3 is 2.89 bits per heavy atom. The Balaban J connectivity index is 3.37. The Labute approximate surface area is 58.8 Å². The molecule has 0 aromatic heterocycles. The lowest BCUT2D eigenvalue weighted by Gasteiger charge is -1.97. The van der Waals surface area contributed by atoms with E-state index in [-0.39, 0.29) is 0 Å². The van der Waals surface area contributed by atoms with Gasteiger partial charge in [0.25, 0.3) is 0 Å². The number of nitrogens with one attached hydrogen (secondary N) is 3. The molecule has 0 saturated heterocycles. The molecule has 0 amide bonds. The summed E-state index contributed by atoms with van der Waals surface area (Å²) in [6.07, 6.45) is 2.36. The van der Waals surface area contributed by atoms with Gasteiger partial charge in [-0.25, -0.2) is 0 Å². The van der Waals surface area contributed by atoms with E-state index in [2.05, 4.69) is 28.1 Å². The molecule has 5 heteroatoms. The van der Waals surface area contributed by atoms with Crippen molar-refractivity contribution in [1.82, 2.24) is 10.7 Å². The fourth-order valence-electron chi connectivity index (χ4n) is 0.189. The summed E-state index contributed by atoms with van der Waals surface area (Å²) >= 11 is 4.66. The average molecular weight is 144 g/mol. The molecular weight excluding hydrogens is 136 g/mol. The predicted molar refractivity (Wildman–Crippen MR) is 42.1 cm³/mol. The predicted octanol–water partition coefficient (Wildman–Crippen LogP) is -0.284. The van der Waals surface area contributed by atoms with E-state index in [1.807, 2.05) is 0 Å². The molecule has 9 heavy (non-hydrogen) atoms. The van der Waals surface area contributed by atoms with Crippen LogP contribution in [0, 0.1) is 5.41 Å². The smallest absolute Gasteiger partial charge is 0.186 e. The van der Waals surface area contributed by atoms with Gasteiger partial charge in [0, 0.05) is 13.3 Å². The van der Waals surface area contributed by atoms with Crippen LogP contribution in [0.3, 0.4) is 0 Å². The highest BCUT2D eigenvalue weighted by Gasteiger charge is 1.80. The molecule has 0 aliphatic heterocycles. The van der Waals surface area contributed by atoms with Gasteiger partial charge in [0.2, 0.25) is 0 Å². The zero-order valence-electron chi connectivity index (χ0n) is 5.01. The molecule has 0 saturated carbocycles. The number of rotatable bonds is 2. The Kier molecular flexibility index (Phi) is 4.61. The average Bonchev–Trinajstić information content (AvgIpc) is 1.89. The highest BCUT2D eigenvalue weighted by Crippen LogP contribution is 1.60. The Morgan fingerprint density at radius 2 is 2.44 bits per heavy atom. The SMILES string of the molecule is CNC(=S)N/N=C/C=N. The minimum Gasteiger partial charge on any atom is -0.364 e. The lowest BCUT2D eigenvalue weighted by Crippen LogP contribution is -2.28. The number of hydrogen-bond donors (Lipinski definition) is 3. The van der Waals surface area contributed by atoms with E-state index in [1.54, 1.807) is 7.05 Å². The molecule has 0 aromatic carbocycles. The van der Waals surface area contributed by atoms with Crippen molar-refractivity contribution in [3.05, 3.63) is 0 Å². The minimum atomic E-state index is 0.438. The van der Waals surface area contributed by atoms with Gasteiger partial charge in [0.05, 0.1) is 6.21 Å². The molecule has 0 unspecified atom stereocenters. The lowest BCUT2D eigenvalue weighted by atomic mass is 10.8. The summed E-state index contributed by atoms with van der Waals surface area (Å²) in [5.41, 5.74) is 2.47. The monoisotopic (exact) mass is 144 g/mol. The second-order valence-electron chi connectivity index (χ2n) is 1.14. The minimum absolute atomic E-state index is 0.438.